The van der Waals surface area contributed by atoms with Crippen LogP contribution in [0.1, 0.15) is 45.9 Å². The summed E-state index contributed by atoms with van der Waals surface area (Å²) >= 11 is 0. The van der Waals surface area contributed by atoms with Gasteiger partial charge in [-0.25, -0.2) is 4.99 Å². The van der Waals surface area contributed by atoms with Gasteiger partial charge in [-0.1, -0.05) is 6.07 Å². The number of nitrogens with zero attached hydrogens (tertiary/aromatic N) is 3. The molecular weight excluding hydrogens is 413 g/mol. The van der Waals surface area contributed by atoms with Gasteiger partial charge in [0.1, 0.15) is 0 Å². The van der Waals surface area contributed by atoms with Crippen LogP contribution >= 0.6 is 24.0 Å². The third kappa shape index (κ3) is 8.28. The lowest BCUT2D eigenvalue weighted by Gasteiger charge is -2.30. The van der Waals surface area contributed by atoms with E-state index >= 15 is 0 Å². The first kappa shape index (κ1) is 23.1. The van der Waals surface area contributed by atoms with E-state index in [1.165, 1.54) is 5.56 Å². The molecule has 0 unspecified atom stereocenters. The minimum atomic E-state index is 0. The highest BCUT2D eigenvalue weighted by Crippen LogP contribution is 2.05. The van der Waals surface area contributed by atoms with Gasteiger partial charge in [0.25, 0.3) is 0 Å². The summed E-state index contributed by atoms with van der Waals surface area (Å²) in [6, 6.07) is 5.12. The van der Waals surface area contributed by atoms with Gasteiger partial charge in [0.2, 0.25) is 0 Å². The van der Waals surface area contributed by atoms with E-state index in [1.54, 1.807) is 0 Å². The van der Waals surface area contributed by atoms with Crippen molar-refractivity contribution in [1.29, 1.82) is 0 Å². The fourth-order valence-electron chi connectivity index (χ4n) is 2.60. The Labute approximate surface area is 164 Å². The second-order valence-corrected chi connectivity index (χ2v) is 6.31. The van der Waals surface area contributed by atoms with Gasteiger partial charge in [0.15, 0.2) is 5.96 Å². The van der Waals surface area contributed by atoms with E-state index in [2.05, 4.69) is 73.1 Å². The van der Waals surface area contributed by atoms with E-state index in [4.69, 9.17) is 0 Å². The average molecular weight is 447 g/mol. The maximum absolute atomic E-state index is 4.64. The van der Waals surface area contributed by atoms with Crippen LogP contribution < -0.4 is 10.6 Å². The van der Waals surface area contributed by atoms with Crippen LogP contribution in [0.4, 0.5) is 0 Å². The highest BCUT2D eigenvalue weighted by molar-refractivity contribution is 14.0. The zero-order valence-corrected chi connectivity index (χ0v) is 18.3. The first-order valence-electron chi connectivity index (χ1n) is 8.64. The minimum absolute atomic E-state index is 0. The van der Waals surface area contributed by atoms with Crippen LogP contribution in [0.3, 0.4) is 0 Å². The molecule has 1 aromatic heterocycles. The number of halogens is 1. The van der Waals surface area contributed by atoms with E-state index in [0.29, 0.717) is 18.6 Å². The fraction of sp³-hybridized carbons (Fsp3) is 0.667. The molecule has 0 atom stereocenters. The lowest BCUT2D eigenvalue weighted by molar-refractivity contribution is 0.178. The van der Waals surface area contributed by atoms with Crippen LogP contribution in [-0.2, 0) is 6.54 Å². The van der Waals surface area contributed by atoms with Crippen molar-refractivity contribution in [1.82, 2.24) is 20.5 Å². The van der Waals surface area contributed by atoms with Crippen molar-refractivity contribution in [3.63, 3.8) is 0 Å². The molecule has 2 N–H and O–H groups in total. The number of guanidine groups is 1. The largest absolute Gasteiger partial charge is 0.357 e. The number of hydrogen-bond donors (Lipinski definition) is 2. The maximum Gasteiger partial charge on any atom is 0.191 e. The van der Waals surface area contributed by atoms with Crippen LogP contribution in [0.2, 0.25) is 0 Å². The van der Waals surface area contributed by atoms with Gasteiger partial charge in [-0.3, -0.25) is 9.88 Å². The minimum Gasteiger partial charge on any atom is -0.357 e. The standard InChI is InChI=1S/C18H33N5.HI/c1-7-19-18(21-11-12-23(14(2)3)15(4)5)22-13-17-16(6)9-8-10-20-17;/h8-10,14-15H,7,11-13H2,1-6H3,(H2,19,21,22);1H. The number of aromatic nitrogens is 1. The molecule has 6 heteroatoms. The molecule has 0 fully saturated rings. The second kappa shape index (κ2) is 12.5. The van der Waals surface area contributed by atoms with Crippen molar-refractivity contribution >= 4 is 29.9 Å². The predicted molar refractivity (Wildman–Crippen MR) is 114 cm³/mol. The molecule has 1 heterocycles. The summed E-state index contributed by atoms with van der Waals surface area (Å²) in [5.41, 5.74) is 2.20. The molecule has 0 aromatic carbocycles. The van der Waals surface area contributed by atoms with Crippen molar-refractivity contribution in [3.05, 3.63) is 29.6 Å². The van der Waals surface area contributed by atoms with E-state index in [0.717, 1.165) is 31.3 Å². The summed E-state index contributed by atoms with van der Waals surface area (Å²) in [6.45, 7) is 16.4. The van der Waals surface area contributed by atoms with Crippen molar-refractivity contribution in [3.8, 4) is 0 Å². The number of rotatable bonds is 8. The van der Waals surface area contributed by atoms with Crippen LogP contribution in [0, 0.1) is 6.92 Å². The topological polar surface area (TPSA) is 52.6 Å². The Balaban J connectivity index is 0.00000529. The molecule has 0 saturated heterocycles. The molecule has 0 radical (unpaired) electrons. The number of pyridine rings is 1. The van der Waals surface area contributed by atoms with Crippen LogP contribution in [0.25, 0.3) is 0 Å². The summed E-state index contributed by atoms with van der Waals surface area (Å²) in [7, 11) is 0. The van der Waals surface area contributed by atoms with E-state index in [-0.39, 0.29) is 24.0 Å². The molecule has 0 aliphatic heterocycles. The first-order chi connectivity index (χ1) is 11.0. The third-order valence-corrected chi connectivity index (χ3v) is 3.84. The summed E-state index contributed by atoms with van der Waals surface area (Å²) < 4.78 is 0. The fourth-order valence-corrected chi connectivity index (χ4v) is 2.60. The highest BCUT2D eigenvalue weighted by atomic mass is 127. The molecule has 0 spiro atoms. The molecule has 0 bridgehead atoms. The molecule has 5 nitrogen and oxygen atoms in total. The van der Waals surface area contributed by atoms with E-state index in [9.17, 15) is 0 Å². The molecule has 138 valence electrons. The SMILES string of the molecule is CCNC(=NCc1ncccc1C)NCCN(C(C)C)C(C)C.I. The zero-order valence-electron chi connectivity index (χ0n) is 16.0. The zero-order chi connectivity index (χ0) is 17.2. The van der Waals surface area contributed by atoms with Crippen molar-refractivity contribution < 1.29 is 0 Å². The first-order valence-corrected chi connectivity index (χ1v) is 8.64. The molecule has 24 heavy (non-hydrogen) atoms. The van der Waals surface area contributed by atoms with Crippen LogP contribution in [-0.4, -0.2) is 47.6 Å². The van der Waals surface area contributed by atoms with Gasteiger partial charge < -0.3 is 10.6 Å². The molecule has 0 amide bonds. The van der Waals surface area contributed by atoms with Gasteiger partial charge in [0.05, 0.1) is 12.2 Å². The molecule has 0 aliphatic carbocycles. The highest BCUT2D eigenvalue weighted by Gasteiger charge is 2.12. The maximum atomic E-state index is 4.64. The molecule has 1 rings (SSSR count). The smallest absolute Gasteiger partial charge is 0.191 e. The van der Waals surface area contributed by atoms with Gasteiger partial charge >= 0.3 is 0 Å². The number of aryl methyl sites for hydroxylation is 1. The van der Waals surface area contributed by atoms with Gasteiger partial charge in [0, 0.05) is 37.9 Å². The quantitative estimate of drug-likeness (QED) is 0.365. The Morgan fingerprint density at radius 2 is 1.88 bits per heavy atom. The third-order valence-electron chi connectivity index (χ3n) is 3.84. The molecular formula is C18H34IN5. The Bertz CT molecular complexity index is 480. The van der Waals surface area contributed by atoms with E-state index < -0.39 is 0 Å². The second-order valence-electron chi connectivity index (χ2n) is 6.31. The van der Waals surface area contributed by atoms with Crippen LogP contribution in [0.15, 0.2) is 23.3 Å². The Hall–Kier alpha value is -0.890. The van der Waals surface area contributed by atoms with Gasteiger partial charge in [-0.15, -0.1) is 24.0 Å². The summed E-state index contributed by atoms with van der Waals surface area (Å²) in [4.78, 5) is 11.5. The molecule has 0 aliphatic rings. The predicted octanol–water partition coefficient (Wildman–Crippen LogP) is 3.18. The van der Waals surface area contributed by atoms with Crippen molar-refractivity contribution in [2.45, 2.75) is 60.2 Å². The summed E-state index contributed by atoms with van der Waals surface area (Å²) in [5.74, 6) is 0.852. The Morgan fingerprint density at radius 3 is 2.42 bits per heavy atom. The Kier molecular flexibility index (Phi) is 12.0. The molecule has 1 aromatic rings. The van der Waals surface area contributed by atoms with E-state index in [1.807, 2.05) is 12.3 Å². The summed E-state index contributed by atoms with van der Waals surface area (Å²) in [5, 5.41) is 6.72. The number of nitrogens with one attached hydrogen (secondary N) is 2. The van der Waals surface area contributed by atoms with Crippen molar-refractivity contribution in [2.75, 3.05) is 19.6 Å². The van der Waals surface area contributed by atoms with Gasteiger partial charge in [-0.2, -0.15) is 0 Å². The van der Waals surface area contributed by atoms with Gasteiger partial charge in [-0.05, 0) is 53.2 Å². The summed E-state index contributed by atoms with van der Waals surface area (Å²) in [6.07, 6.45) is 1.82. The lowest BCUT2D eigenvalue weighted by atomic mass is 10.2. The number of hydrogen-bond acceptors (Lipinski definition) is 3. The van der Waals surface area contributed by atoms with Crippen molar-refractivity contribution in [2.24, 2.45) is 4.99 Å². The lowest BCUT2D eigenvalue weighted by Crippen LogP contribution is -2.45. The normalized spacial score (nSPS) is 11.8. The molecule has 0 saturated carbocycles. The Morgan fingerprint density at radius 1 is 1.21 bits per heavy atom. The number of aliphatic imine (C=N–C) groups is 1. The average Bonchev–Trinajstić information content (AvgIpc) is 2.49. The monoisotopic (exact) mass is 447 g/mol. The van der Waals surface area contributed by atoms with Crippen LogP contribution in [0.5, 0.6) is 0 Å².